The zero-order valence-corrected chi connectivity index (χ0v) is 13.9. The number of nitrogen functional groups attached to an aromatic ring is 1. The largest absolute Gasteiger partial charge is 0.494 e. The van der Waals surface area contributed by atoms with E-state index >= 15 is 0 Å². The van der Waals surface area contributed by atoms with Gasteiger partial charge in [-0.3, -0.25) is 4.79 Å². The van der Waals surface area contributed by atoms with Gasteiger partial charge < -0.3 is 14.9 Å². The van der Waals surface area contributed by atoms with Crippen LogP contribution in [0.1, 0.15) is 40.1 Å². The first kappa shape index (κ1) is 15.7. The van der Waals surface area contributed by atoms with E-state index in [2.05, 4.69) is 0 Å². The maximum Gasteiger partial charge on any atom is 0.230 e. The number of halogens is 1. The van der Waals surface area contributed by atoms with E-state index in [9.17, 15) is 9.18 Å². The molecule has 5 heteroatoms. The number of carbonyl (C=O) groups is 1. The Balaban J connectivity index is 1.81. The summed E-state index contributed by atoms with van der Waals surface area (Å²) >= 11 is 0. The van der Waals surface area contributed by atoms with Crippen molar-refractivity contribution in [2.45, 2.75) is 25.7 Å². The van der Waals surface area contributed by atoms with Gasteiger partial charge in [0.1, 0.15) is 5.58 Å². The minimum Gasteiger partial charge on any atom is -0.494 e. The molecule has 1 aromatic heterocycles. The second-order valence-corrected chi connectivity index (χ2v) is 6.35. The summed E-state index contributed by atoms with van der Waals surface area (Å²) < 4.78 is 24.3. The molecule has 0 aliphatic heterocycles. The van der Waals surface area contributed by atoms with Crippen molar-refractivity contribution >= 4 is 22.4 Å². The van der Waals surface area contributed by atoms with Crippen molar-refractivity contribution in [3.05, 3.63) is 58.6 Å². The summed E-state index contributed by atoms with van der Waals surface area (Å²) in [6, 6.07) is 7.98. The summed E-state index contributed by atoms with van der Waals surface area (Å²) in [5, 5.41) is 0.762. The molecule has 25 heavy (non-hydrogen) atoms. The number of rotatable bonds is 3. The summed E-state index contributed by atoms with van der Waals surface area (Å²) in [6.07, 6.45) is 4.37. The van der Waals surface area contributed by atoms with Gasteiger partial charge in [0.15, 0.2) is 17.3 Å². The molecule has 0 amide bonds. The molecule has 0 saturated carbocycles. The Kier molecular flexibility index (Phi) is 3.71. The number of furan rings is 1. The van der Waals surface area contributed by atoms with Gasteiger partial charge in [-0.25, -0.2) is 4.39 Å². The lowest BCUT2D eigenvalue weighted by molar-refractivity contribution is 0.101. The van der Waals surface area contributed by atoms with Crippen LogP contribution in [0.2, 0.25) is 0 Å². The average Bonchev–Trinajstić information content (AvgIpc) is 2.95. The van der Waals surface area contributed by atoms with Gasteiger partial charge in [0.2, 0.25) is 5.78 Å². The fourth-order valence-corrected chi connectivity index (χ4v) is 3.45. The van der Waals surface area contributed by atoms with E-state index in [0.717, 1.165) is 31.1 Å². The Morgan fingerprint density at radius 1 is 1.16 bits per heavy atom. The summed E-state index contributed by atoms with van der Waals surface area (Å²) in [5.41, 5.74) is 9.95. The molecule has 2 aromatic carbocycles. The smallest absolute Gasteiger partial charge is 0.230 e. The zero-order valence-electron chi connectivity index (χ0n) is 13.9. The van der Waals surface area contributed by atoms with E-state index < -0.39 is 5.82 Å². The third-order valence-electron chi connectivity index (χ3n) is 4.81. The van der Waals surface area contributed by atoms with E-state index in [1.165, 1.54) is 36.4 Å². The molecular weight excluding hydrogens is 321 g/mol. The van der Waals surface area contributed by atoms with Crippen LogP contribution in [0, 0.1) is 5.82 Å². The van der Waals surface area contributed by atoms with Crippen molar-refractivity contribution in [2.24, 2.45) is 0 Å². The molecule has 4 nitrogen and oxygen atoms in total. The second-order valence-electron chi connectivity index (χ2n) is 6.35. The lowest BCUT2D eigenvalue weighted by atomic mass is 9.90. The van der Waals surface area contributed by atoms with Crippen LogP contribution in [0.4, 0.5) is 10.1 Å². The van der Waals surface area contributed by atoms with E-state index in [4.69, 9.17) is 14.9 Å². The molecule has 0 spiro atoms. The number of hydrogen-bond donors (Lipinski definition) is 1. The number of hydrogen-bond acceptors (Lipinski definition) is 4. The van der Waals surface area contributed by atoms with Crippen LogP contribution >= 0.6 is 0 Å². The maximum atomic E-state index is 13.6. The molecule has 0 saturated heterocycles. The third-order valence-corrected chi connectivity index (χ3v) is 4.81. The number of ether oxygens (including phenoxy) is 1. The second kappa shape index (κ2) is 5.92. The van der Waals surface area contributed by atoms with Crippen LogP contribution < -0.4 is 10.5 Å². The molecule has 128 valence electrons. The highest BCUT2D eigenvalue weighted by atomic mass is 19.1. The third kappa shape index (κ3) is 2.56. The number of carbonyl (C=O) groups excluding carboxylic acids is 1. The average molecular weight is 339 g/mol. The molecule has 1 heterocycles. The number of ketones is 1. The van der Waals surface area contributed by atoms with Gasteiger partial charge in [0, 0.05) is 10.9 Å². The van der Waals surface area contributed by atoms with E-state index in [1.54, 1.807) is 0 Å². The lowest BCUT2D eigenvalue weighted by Crippen LogP contribution is -2.04. The predicted octanol–water partition coefficient (Wildman–Crippen LogP) is 4.27. The number of fused-ring (bicyclic) bond motifs is 2. The maximum absolute atomic E-state index is 13.6. The van der Waals surface area contributed by atoms with Crippen molar-refractivity contribution in [1.29, 1.82) is 0 Å². The lowest BCUT2D eigenvalue weighted by Gasteiger charge is -2.14. The molecule has 1 aliphatic carbocycles. The van der Waals surface area contributed by atoms with Crippen LogP contribution in [-0.2, 0) is 12.8 Å². The molecule has 0 fully saturated rings. The number of anilines is 1. The molecule has 0 radical (unpaired) electrons. The number of nitrogens with two attached hydrogens (primary N) is 1. The number of aryl methyl sites for hydroxylation is 2. The van der Waals surface area contributed by atoms with Crippen LogP contribution in [0.25, 0.3) is 11.0 Å². The van der Waals surface area contributed by atoms with Crippen molar-refractivity contribution in [2.75, 3.05) is 12.8 Å². The van der Waals surface area contributed by atoms with Crippen LogP contribution in [-0.4, -0.2) is 12.9 Å². The fourth-order valence-electron chi connectivity index (χ4n) is 3.45. The summed E-state index contributed by atoms with van der Waals surface area (Å²) in [4.78, 5) is 12.8. The number of benzene rings is 2. The molecule has 0 unspecified atom stereocenters. The van der Waals surface area contributed by atoms with E-state index in [1.807, 2.05) is 12.1 Å². The van der Waals surface area contributed by atoms with E-state index in [-0.39, 0.29) is 22.9 Å². The monoisotopic (exact) mass is 339 g/mol. The van der Waals surface area contributed by atoms with Crippen molar-refractivity contribution in [3.63, 3.8) is 0 Å². The predicted molar refractivity (Wildman–Crippen MR) is 93.7 cm³/mol. The minimum absolute atomic E-state index is 0.0102. The highest BCUT2D eigenvalue weighted by Gasteiger charge is 2.23. The Morgan fingerprint density at radius 3 is 2.60 bits per heavy atom. The zero-order chi connectivity index (χ0) is 17.6. The van der Waals surface area contributed by atoms with Crippen LogP contribution in [0.5, 0.6) is 5.75 Å². The summed E-state index contributed by atoms with van der Waals surface area (Å²) in [6.45, 7) is 0. The molecular formula is C20H18FNO3. The normalized spacial score (nSPS) is 13.7. The summed E-state index contributed by atoms with van der Waals surface area (Å²) in [7, 11) is 1.35. The molecule has 1 aliphatic rings. The van der Waals surface area contributed by atoms with Gasteiger partial charge in [0.25, 0.3) is 0 Å². The first-order chi connectivity index (χ1) is 12.1. The van der Waals surface area contributed by atoms with Crippen molar-refractivity contribution in [1.82, 2.24) is 0 Å². The Hall–Kier alpha value is -2.82. The van der Waals surface area contributed by atoms with Gasteiger partial charge in [-0.2, -0.15) is 0 Å². The highest BCUT2D eigenvalue weighted by Crippen LogP contribution is 2.35. The fraction of sp³-hybridized carbons (Fsp3) is 0.250. The molecule has 2 N–H and O–H groups in total. The summed E-state index contributed by atoms with van der Waals surface area (Å²) in [5.74, 6) is -0.809. The number of methoxy groups -OCH3 is 1. The molecule has 0 atom stereocenters. The van der Waals surface area contributed by atoms with Crippen molar-refractivity contribution < 1.29 is 18.3 Å². The standard InChI is InChI=1S/C20H18FNO3/c1-24-17-10-13(6-7-15(17)21)19(23)20-18(22)14-8-11-4-2-3-5-12(11)9-16(14)25-20/h6-10H,2-5,22H2,1H3. The Bertz CT molecular complexity index is 990. The first-order valence-electron chi connectivity index (χ1n) is 8.30. The Labute approximate surface area is 144 Å². The van der Waals surface area contributed by atoms with Gasteiger partial charge in [-0.1, -0.05) is 0 Å². The van der Waals surface area contributed by atoms with Gasteiger partial charge in [-0.05, 0) is 67.1 Å². The van der Waals surface area contributed by atoms with Gasteiger partial charge in [0.05, 0.1) is 12.8 Å². The first-order valence-corrected chi connectivity index (χ1v) is 8.30. The van der Waals surface area contributed by atoms with Gasteiger partial charge in [-0.15, -0.1) is 0 Å². The van der Waals surface area contributed by atoms with E-state index in [0.29, 0.717) is 11.3 Å². The quantitative estimate of drug-likeness (QED) is 0.724. The molecule has 0 bridgehead atoms. The highest BCUT2D eigenvalue weighted by molar-refractivity contribution is 6.14. The van der Waals surface area contributed by atoms with Crippen LogP contribution in [0.15, 0.2) is 34.7 Å². The topological polar surface area (TPSA) is 65.5 Å². The SMILES string of the molecule is COc1cc(C(=O)c2oc3cc4c(cc3c2N)CCCC4)ccc1F. The van der Waals surface area contributed by atoms with Crippen LogP contribution in [0.3, 0.4) is 0 Å². The molecule has 3 aromatic rings. The molecule has 4 rings (SSSR count). The van der Waals surface area contributed by atoms with Crippen molar-refractivity contribution in [3.8, 4) is 5.75 Å². The minimum atomic E-state index is -0.524. The Morgan fingerprint density at radius 2 is 1.88 bits per heavy atom. The van der Waals surface area contributed by atoms with Gasteiger partial charge >= 0.3 is 0 Å².